The molecule has 7 heteroatoms. The van der Waals surface area contributed by atoms with Crippen molar-refractivity contribution in [1.82, 2.24) is 4.72 Å². The molecule has 0 unspecified atom stereocenters. The minimum atomic E-state index is -3.55. The summed E-state index contributed by atoms with van der Waals surface area (Å²) in [5.41, 5.74) is 7.78. The molecule has 2 rings (SSSR count). The van der Waals surface area contributed by atoms with Crippen LogP contribution in [0.15, 0.2) is 41.3 Å². The van der Waals surface area contributed by atoms with Crippen molar-refractivity contribution >= 4 is 27.1 Å². The molecule has 21 heavy (non-hydrogen) atoms. The van der Waals surface area contributed by atoms with E-state index >= 15 is 0 Å². The lowest BCUT2D eigenvalue weighted by atomic mass is 10.2. The van der Waals surface area contributed by atoms with Gasteiger partial charge in [-0.05, 0) is 55.9 Å². The largest absolute Gasteiger partial charge is 0.397 e. The van der Waals surface area contributed by atoms with E-state index in [4.69, 9.17) is 5.73 Å². The SMILES string of the molecule is CNS(=O)(=O)c1ccc(N)c(Nc2ccc(F)c(C)c2)c1. The van der Waals surface area contributed by atoms with Gasteiger partial charge in [0.1, 0.15) is 5.82 Å². The summed E-state index contributed by atoms with van der Waals surface area (Å²) in [6.07, 6.45) is 0. The summed E-state index contributed by atoms with van der Waals surface area (Å²) >= 11 is 0. The molecular formula is C14H16FN3O2S. The number of halogens is 1. The molecule has 0 amide bonds. The summed E-state index contributed by atoms with van der Waals surface area (Å²) in [7, 11) is -2.21. The number of sulfonamides is 1. The quantitative estimate of drug-likeness (QED) is 0.757. The molecule has 0 fully saturated rings. The number of hydrogen-bond donors (Lipinski definition) is 3. The smallest absolute Gasteiger partial charge is 0.240 e. The van der Waals surface area contributed by atoms with Gasteiger partial charge in [-0.25, -0.2) is 17.5 Å². The first kappa shape index (κ1) is 15.3. The second-order valence-corrected chi connectivity index (χ2v) is 6.43. The maximum Gasteiger partial charge on any atom is 0.240 e. The van der Waals surface area contributed by atoms with Crippen LogP contribution in [0.3, 0.4) is 0 Å². The minimum Gasteiger partial charge on any atom is -0.397 e. The minimum absolute atomic E-state index is 0.0977. The molecule has 0 saturated carbocycles. The Balaban J connectivity index is 2.39. The Morgan fingerprint density at radius 2 is 1.86 bits per heavy atom. The first-order chi connectivity index (χ1) is 9.83. The lowest BCUT2D eigenvalue weighted by Crippen LogP contribution is -2.18. The van der Waals surface area contributed by atoms with Crippen molar-refractivity contribution in [2.45, 2.75) is 11.8 Å². The van der Waals surface area contributed by atoms with Crippen LogP contribution in [0.25, 0.3) is 0 Å². The van der Waals surface area contributed by atoms with Crippen LogP contribution in [0.1, 0.15) is 5.56 Å². The second-order valence-electron chi connectivity index (χ2n) is 4.55. The van der Waals surface area contributed by atoms with E-state index < -0.39 is 10.0 Å². The monoisotopic (exact) mass is 309 g/mol. The molecule has 4 N–H and O–H groups in total. The molecule has 0 aliphatic carbocycles. The first-order valence-corrected chi connectivity index (χ1v) is 7.68. The molecule has 5 nitrogen and oxygen atoms in total. The maximum absolute atomic E-state index is 13.2. The van der Waals surface area contributed by atoms with Crippen LogP contribution in [-0.4, -0.2) is 15.5 Å². The number of aryl methyl sites for hydroxylation is 1. The molecule has 0 bridgehead atoms. The van der Waals surface area contributed by atoms with Gasteiger partial charge in [0.05, 0.1) is 16.3 Å². The van der Waals surface area contributed by atoms with E-state index in [1.165, 1.54) is 31.3 Å². The molecule has 0 heterocycles. The number of anilines is 3. The van der Waals surface area contributed by atoms with Gasteiger partial charge in [0.25, 0.3) is 0 Å². The highest BCUT2D eigenvalue weighted by Gasteiger charge is 2.13. The Kier molecular flexibility index (Phi) is 4.15. The molecular weight excluding hydrogens is 293 g/mol. The molecule has 0 aromatic heterocycles. The average molecular weight is 309 g/mol. The van der Waals surface area contributed by atoms with Crippen molar-refractivity contribution in [3.63, 3.8) is 0 Å². The number of nitrogens with two attached hydrogens (primary N) is 1. The van der Waals surface area contributed by atoms with Crippen molar-refractivity contribution < 1.29 is 12.8 Å². The third-order valence-electron chi connectivity index (χ3n) is 3.04. The Morgan fingerprint density at radius 3 is 2.48 bits per heavy atom. The van der Waals surface area contributed by atoms with Gasteiger partial charge >= 0.3 is 0 Å². The van der Waals surface area contributed by atoms with Gasteiger partial charge in [-0.2, -0.15) is 0 Å². The van der Waals surface area contributed by atoms with Crippen LogP contribution in [-0.2, 0) is 10.0 Å². The number of benzene rings is 2. The third-order valence-corrected chi connectivity index (χ3v) is 4.45. The summed E-state index contributed by atoms with van der Waals surface area (Å²) in [6, 6.07) is 8.86. The zero-order valence-corrected chi connectivity index (χ0v) is 12.5. The normalized spacial score (nSPS) is 11.4. The van der Waals surface area contributed by atoms with E-state index in [0.29, 0.717) is 22.6 Å². The van der Waals surface area contributed by atoms with Gasteiger partial charge in [-0.1, -0.05) is 0 Å². The number of rotatable bonds is 4. The fraction of sp³-hybridized carbons (Fsp3) is 0.143. The van der Waals surface area contributed by atoms with Crippen LogP contribution in [0.2, 0.25) is 0 Å². The van der Waals surface area contributed by atoms with E-state index in [2.05, 4.69) is 10.0 Å². The van der Waals surface area contributed by atoms with Gasteiger partial charge in [-0.3, -0.25) is 0 Å². The second kappa shape index (κ2) is 5.71. The van der Waals surface area contributed by atoms with E-state index in [1.807, 2.05) is 0 Å². The average Bonchev–Trinajstić information content (AvgIpc) is 2.45. The van der Waals surface area contributed by atoms with Crippen molar-refractivity contribution in [3.8, 4) is 0 Å². The Bertz CT molecular complexity index is 776. The van der Waals surface area contributed by atoms with Gasteiger partial charge in [-0.15, -0.1) is 0 Å². The molecule has 0 aliphatic rings. The molecule has 2 aromatic carbocycles. The summed E-state index contributed by atoms with van der Waals surface area (Å²) < 4.78 is 39.1. The summed E-state index contributed by atoms with van der Waals surface area (Å²) in [5, 5.41) is 2.99. The lowest BCUT2D eigenvalue weighted by Gasteiger charge is -2.12. The first-order valence-electron chi connectivity index (χ1n) is 6.20. The molecule has 2 aromatic rings. The zero-order chi connectivity index (χ0) is 15.6. The van der Waals surface area contributed by atoms with Crippen LogP contribution < -0.4 is 15.8 Å². The molecule has 0 saturated heterocycles. The predicted molar refractivity (Wildman–Crippen MR) is 81.5 cm³/mol. The summed E-state index contributed by atoms with van der Waals surface area (Å²) in [5.74, 6) is -0.306. The molecule has 0 aliphatic heterocycles. The van der Waals surface area contributed by atoms with Crippen LogP contribution in [0, 0.1) is 12.7 Å². The number of nitrogens with one attached hydrogen (secondary N) is 2. The molecule has 0 atom stereocenters. The highest BCUT2D eigenvalue weighted by atomic mass is 32.2. The maximum atomic E-state index is 13.2. The van der Waals surface area contributed by atoms with Crippen LogP contribution in [0.4, 0.5) is 21.5 Å². The van der Waals surface area contributed by atoms with E-state index in [-0.39, 0.29) is 10.7 Å². The molecule has 112 valence electrons. The van der Waals surface area contributed by atoms with Crippen molar-refractivity contribution in [3.05, 3.63) is 47.8 Å². The van der Waals surface area contributed by atoms with Crippen molar-refractivity contribution in [1.29, 1.82) is 0 Å². The van der Waals surface area contributed by atoms with E-state index in [0.717, 1.165) is 0 Å². The fourth-order valence-electron chi connectivity index (χ4n) is 1.81. The number of nitrogen functional groups attached to an aromatic ring is 1. The Hall–Kier alpha value is -2.12. The molecule has 0 radical (unpaired) electrons. The van der Waals surface area contributed by atoms with Gasteiger partial charge in [0, 0.05) is 5.69 Å². The van der Waals surface area contributed by atoms with Crippen LogP contribution >= 0.6 is 0 Å². The summed E-state index contributed by atoms with van der Waals surface area (Å²) in [4.78, 5) is 0.0977. The van der Waals surface area contributed by atoms with Gasteiger partial charge in [0.2, 0.25) is 10.0 Å². The van der Waals surface area contributed by atoms with E-state index in [1.54, 1.807) is 19.1 Å². The predicted octanol–water partition coefficient (Wildman–Crippen LogP) is 2.37. The van der Waals surface area contributed by atoms with Gasteiger partial charge in [0.15, 0.2) is 0 Å². The van der Waals surface area contributed by atoms with Crippen molar-refractivity contribution in [2.24, 2.45) is 0 Å². The van der Waals surface area contributed by atoms with Gasteiger partial charge < -0.3 is 11.1 Å². The zero-order valence-electron chi connectivity index (χ0n) is 11.6. The summed E-state index contributed by atoms with van der Waals surface area (Å²) in [6.45, 7) is 1.64. The Morgan fingerprint density at radius 1 is 1.14 bits per heavy atom. The topological polar surface area (TPSA) is 84.2 Å². The molecule has 0 spiro atoms. The van der Waals surface area contributed by atoms with Crippen molar-refractivity contribution in [2.75, 3.05) is 18.1 Å². The highest BCUT2D eigenvalue weighted by molar-refractivity contribution is 7.89. The van der Waals surface area contributed by atoms with E-state index in [9.17, 15) is 12.8 Å². The standard InChI is InChI=1S/C14H16FN3O2S/c1-9-7-10(3-5-12(9)15)18-14-8-11(4-6-13(14)16)21(19,20)17-2/h3-8,17-18H,16H2,1-2H3. The Labute approximate surface area is 123 Å². The highest BCUT2D eigenvalue weighted by Crippen LogP contribution is 2.27. The number of hydrogen-bond acceptors (Lipinski definition) is 4. The van der Waals surface area contributed by atoms with Crippen LogP contribution in [0.5, 0.6) is 0 Å². The third kappa shape index (κ3) is 3.32. The fourth-order valence-corrected chi connectivity index (χ4v) is 2.56. The lowest BCUT2D eigenvalue weighted by molar-refractivity contribution is 0.588.